The third-order valence-corrected chi connectivity index (χ3v) is 2.14. The predicted molar refractivity (Wildman–Crippen MR) is 55.4 cm³/mol. The first-order valence-electron chi connectivity index (χ1n) is 4.04. The fourth-order valence-corrected chi connectivity index (χ4v) is 1.56. The summed E-state index contributed by atoms with van der Waals surface area (Å²) in [6, 6.07) is 4.10. The summed E-state index contributed by atoms with van der Waals surface area (Å²) in [5.74, 6) is 0. The minimum atomic E-state index is 0.133. The molecule has 0 N–H and O–H groups in total. The highest BCUT2D eigenvalue weighted by atomic mass is 79.9. The van der Waals surface area contributed by atoms with Crippen molar-refractivity contribution in [1.82, 2.24) is 4.98 Å². The number of hydrogen-bond acceptors (Lipinski definition) is 1. The molecule has 0 atom stereocenters. The van der Waals surface area contributed by atoms with Crippen LogP contribution in [0.3, 0.4) is 0 Å². The summed E-state index contributed by atoms with van der Waals surface area (Å²) in [6.45, 7) is 8.52. The fraction of sp³-hybridized carbons (Fsp3) is 0.500. The second-order valence-electron chi connectivity index (χ2n) is 4.06. The minimum Gasteiger partial charge on any atom is -0.258 e. The summed E-state index contributed by atoms with van der Waals surface area (Å²) in [4.78, 5) is 4.48. The first kappa shape index (κ1) is 9.72. The molecular weight excluding hydrogens is 214 g/mol. The highest BCUT2D eigenvalue weighted by Crippen LogP contribution is 2.23. The fourth-order valence-electron chi connectivity index (χ4n) is 1.01. The zero-order valence-electron chi connectivity index (χ0n) is 7.98. The average molecular weight is 228 g/mol. The zero-order valence-corrected chi connectivity index (χ0v) is 9.57. The van der Waals surface area contributed by atoms with Gasteiger partial charge in [-0.1, -0.05) is 36.7 Å². The molecule has 66 valence electrons. The Bertz CT molecular complexity index is 266. The van der Waals surface area contributed by atoms with E-state index in [0.29, 0.717) is 0 Å². The molecule has 0 aromatic carbocycles. The SMILES string of the molecule is Cc1cc(Br)cc(C(C)(C)C)n1. The molecule has 1 rings (SSSR count). The molecule has 0 aliphatic heterocycles. The van der Waals surface area contributed by atoms with Gasteiger partial charge in [-0.05, 0) is 19.1 Å². The van der Waals surface area contributed by atoms with Crippen molar-refractivity contribution in [1.29, 1.82) is 0 Å². The summed E-state index contributed by atoms with van der Waals surface area (Å²) in [5.41, 5.74) is 2.33. The molecule has 0 unspecified atom stereocenters. The van der Waals surface area contributed by atoms with E-state index in [0.717, 1.165) is 15.9 Å². The topological polar surface area (TPSA) is 12.9 Å². The maximum atomic E-state index is 4.48. The van der Waals surface area contributed by atoms with E-state index >= 15 is 0 Å². The monoisotopic (exact) mass is 227 g/mol. The Morgan fingerprint density at radius 3 is 2.25 bits per heavy atom. The van der Waals surface area contributed by atoms with Gasteiger partial charge in [0.2, 0.25) is 0 Å². The van der Waals surface area contributed by atoms with Gasteiger partial charge in [-0.3, -0.25) is 4.98 Å². The van der Waals surface area contributed by atoms with Crippen molar-refractivity contribution >= 4 is 15.9 Å². The normalized spacial score (nSPS) is 11.8. The molecule has 1 aromatic rings. The van der Waals surface area contributed by atoms with E-state index in [4.69, 9.17) is 0 Å². The molecule has 12 heavy (non-hydrogen) atoms. The van der Waals surface area contributed by atoms with E-state index in [1.54, 1.807) is 0 Å². The Morgan fingerprint density at radius 1 is 1.25 bits per heavy atom. The summed E-state index contributed by atoms with van der Waals surface area (Å²) >= 11 is 3.47. The number of halogens is 1. The smallest absolute Gasteiger partial charge is 0.0471 e. The molecule has 1 aromatic heterocycles. The van der Waals surface area contributed by atoms with Gasteiger partial charge in [0.25, 0.3) is 0 Å². The van der Waals surface area contributed by atoms with Gasteiger partial charge in [-0.15, -0.1) is 0 Å². The maximum Gasteiger partial charge on any atom is 0.0471 e. The number of aryl methyl sites for hydroxylation is 1. The molecule has 1 nitrogen and oxygen atoms in total. The van der Waals surface area contributed by atoms with E-state index in [1.165, 1.54) is 0 Å². The molecule has 0 radical (unpaired) electrons. The average Bonchev–Trinajstić information content (AvgIpc) is 1.82. The van der Waals surface area contributed by atoms with Gasteiger partial charge >= 0.3 is 0 Å². The molecular formula is C10H14BrN. The maximum absolute atomic E-state index is 4.48. The van der Waals surface area contributed by atoms with Crippen molar-refractivity contribution in [3.05, 3.63) is 28.0 Å². The first-order chi connectivity index (χ1) is 5.39. The summed E-state index contributed by atoms with van der Waals surface area (Å²) in [7, 11) is 0. The lowest BCUT2D eigenvalue weighted by atomic mass is 9.91. The Morgan fingerprint density at radius 2 is 1.83 bits per heavy atom. The van der Waals surface area contributed by atoms with Crippen LogP contribution in [0.5, 0.6) is 0 Å². The van der Waals surface area contributed by atoms with E-state index in [-0.39, 0.29) is 5.41 Å². The van der Waals surface area contributed by atoms with Crippen LogP contribution in [0.4, 0.5) is 0 Å². The van der Waals surface area contributed by atoms with Crippen LogP contribution in [-0.2, 0) is 5.41 Å². The summed E-state index contributed by atoms with van der Waals surface area (Å²) < 4.78 is 1.11. The lowest BCUT2D eigenvalue weighted by Gasteiger charge is -2.18. The molecule has 0 saturated carbocycles. The number of hydrogen-bond donors (Lipinski definition) is 0. The number of nitrogens with zero attached hydrogens (tertiary/aromatic N) is 1. The highest BCUT2D eigenvalue weighted by molar-refractivity contribution is 9.10. The number of rotatable bonds is 0. The van der Waals surface area contributed by atoms with Gasteiger partial charge in [0, 0.05) is 21.3 Å². The minimum absolute atomic E-state index is 0.133. The summed E-state index contributed by atoms with van der Waals surface area (Å²) in [5, 5.41) is 0. The van der Waals surface area contributed by atoms with Crippen molar-refractivity contribution in [2.24, 2.45) is 0 Å². The van der Waals surface area contributed by atoms with E-state index in [2.05, 4.69) is 47.8 Å². The van der Waals surface area contributed by atoms with Crippen molar-refractivity contribution in [3.8, 4) is 0 Å². The second-order valence-corrected chi connectivity index (χ2v) is 4.98. The number of pyridine rings is 1. The first-order valence-corrected chi connectivity index (χ1v) is 4.83. The molecule has 0 fully saturated rings. The standard InChI is InChI=1S/C10H14BrN/c1-7-5-8(11)6-9(12-7)10(2,3)4/h5-6H,1-4H3. The van der Waals surface area contributed by atoms with Gasteiger partial charge in [0.05, 0.1) is 0 Å². The Balaban J connectivity index is 3.18. The lowest BCUT2D eigenvalue weighted by Crippen LogP contribution is -2.13. The largest absolute Gasteiger partial charge is 0.258 e. The van der Waals surface area contributed by atoms with Crippen molar-refractivity contribution in [2.45, 2.75) is 33.1 Å². The molecule has 1 heterocycles. The van der Waals surface area contributed by atoms with Crippen LogP contribution < -0.4 is 0 Å². The number of aromatic nitrogens is 1. The Labute approximate surface area is 82.3 Å². The van der Waals surface area contributed by atoms with Gasteiger partial charge < -0.3 is 0 Å². The van der Waals surface area contributed by atoms with Gasteiger partial charge in [-0.2, -0.15) is 0 Å². The van der Waals surface area contributed by atoms with Gasteiger partial charge in [-0.25, -0.2) is 0 Å². The Hall–Kier alpha value is -0.370. The molecule has 0 spiro atoms. The van der Waals surface area contributed by atoms with Gasteiger partial charge in [0.15, 0.2) is 0 Å². The van der Waals surface area contributed by atoms with Crippen molar-refractivity contribution in [2.75, 3.05) is 0 Å². The third kappa shape index (κ3) is 2.31. The molecule has 0 saturated heterocycles. The van der Waals surface area contributed by atoms with Crippen LogP contribution in [0.2, 0.25) is 0 Å². The van der Waals surface area contributed by atoms with Crippen molar-refractivity contribution < 1.29 is 0 Å². The van der Waals surface area contributed by atoms with Crippen LogP contribution in [0.15, 0.2) is 16.6 Å². The van der Waals surface area contributed by atoms with Crippen LogP contribution >= 0.6 is 15.9 Å². The Kier molecular flexibility index (Phi) is 2.57. The lowest BCUT2D eigenvalue weighted by molar-refractivity contribution is 0.566. The summed E-state index contributed by atoms with van der Waals surface area (Å²) in [6.07, 6.45) is 0. The van der Waals surface area contributed by atoms with Crippen LogP contribution in [-0.4, -0.2) is 4.98 Å². The molecule has 2 heteroatoms. The van der Waals surface area contributed by atoms with Crippen LogP contribution in [0.1, 0.15) is 32.2 Å². The quantitative estimate of drug-likeness (QED) is 0.662. The molecule has 0 bridgehead atoms. The van der Waals surface area contributed by atoms with E-state index in [1.807, 2.05) is 13.0 Å². The third-order valence-electron chi connectivity index (χ3n) is 1.69. The highest BCUT2D eigenvalue weighted by Gasteiger charge is 2.15. The van der Waals surface area contributed by atoms with Crippen molar-refractivity contribution in [3.63, 3.8) is 0 Å². The predicted octanol–water partition coefficient (Wildman–Crippen LogP) is 3.45. The molecule has 0 aliphatic carbocycles. The zero-order chi connectivity index (χ0) is 9.35. The molecule has 0 aliphatic rings. The van der Waals surface area contributed by atoms with Crippen LogP contribution in [0.25, 0.3) is 0 Å². The van der Waals surface area contributed by atoms with E-state index in [9.17, 15) is 0 Å². The molecule has 0 amide bonds. The van der Waals surface area contributed by atoms with Crippen LogP contribution in [0, 0.1) is 6.92 Å². The second kappa shape index (κ2) is 3.17. The van der Waals surface area contributed by atoms with E-state index < -0.39 is 0 Å². The van der Waals surface area contributed by atoms with Gasteiger partial charge in [0.1, 0.15) is 0 Å².